The molecule has 0 bridgehead atoms. The van der Waals surface area contributed by atoms with Crippen molar-refractivity contribution >= 4 is 12.3 Å². The number of ether oxygens (including phenoxy) is 1. The number of carbonyl (C=O) groups is 2. The predicted octanol–water partition coefficient (Wildman–Crippen LogP) is -0.676. The second-order valence-corrected chi connectivity index (χ2v) is 4.03. The van der Waals surface area contributed by atoms with Crippen LogP contribution in [-0.2, 0) is 14.3 Å². The topological polar surface area (TPSA) is 49.9 Å². The van der Waals surface area contributed by atoms with Crippen LogP contribution in [-0.4, -0.2) is 61.5 Å². The van der Waals surface area contributed by atoms with E-state index in [0.29, 0.717) is 39.4 Å². The molecule has 0 N–H and O–H groups in total. The highest BCUT2D eigenvalue weighted by Gasteiger charge is 2.29. The maximum Gasteiger partial charge on any atom is 0.228 e. The Labute approximate surface area is 89.0 Å². The van der Waals surface area contributed by atoms with Gasteiger partial charge in [-0.1, -0.05) is 0 Å². The highest BCUT2D eigenvalue weighted by atomic mass is 16.5. The summed E-state index contributed by atoms with van der Waals surface area (Å²) in [5, 5.41) is 0. The highest BCUT2D eigenvalue weighted by Crippen LogP contribution is 2.16. The third kappa shape index (κ3) is 2.28. The van der Waals surface area contributed by atoms with Crippen molar-refractivity contribution in [2.45, 2.75) is 6.42 Å². The molecule has 0 aliphatic carbocycles. The normalized spacial score (nSPS) is 26.8. The largest absolute Gasteiger partial charge is 0.381 e. The van der Waals surface area contributed by atoms with E-state index in [1.165, 1.54) is 0 Å². The number of piperazine rings is 1. The molecular weight excluding hydrogens is 196 g/mol. The van der Waals surface area contributed by atoms with Crippen molar-refractivity contribution in [3.63, 3.8) is 0 Å². The lowest BCUT2D eigenvalue weighted by Gasteiger charge is -2.33. The van der Waals surface area contributed by atoms with Gasteiger partial charge < -0.3 is 14.5 Å². The lowest BCUT2D eigenvalue weighted by Crippen LogP contribution is -2.49. The molecule has 5 nitrogen and oxygen atoms in total. The third-order valence-corrected chi connectivity index (χ3v) is 3.05. The molecule has 2 rings (SSSR count). The molecule has 0 saturated carbocycles. The summed E-state index contributed by atoms with van der Waals surface area (Å²) in [7, 11) is 0. The zero-order valence-electron chi connectivity index (χ0n) is 8.72. The van der Waals surface area contributed by atoms with Crippen LogP contribution in [0.5, 0.6) is 0 Å². The van der Waals surface area contributed by atoms with Crippen molar-refractivity contribution in [1.82, 2.24) is 9.80 Å². The van der Waals surface area contributed by atoms with Gasteiger partial charge in [0.15, 0.2) is 0 Å². The number of hydrogen-bond donors (Lipinski definition) is 0. The summed E-state index contributed by atoms with van der Waals surface area (Å²) >= 11 is 0. The lowest BCUT2D eigenvalue weighted by atomic mass is 10.1. The minimum absolute atomic E-state index is 0.0489. The maximum atomic E-state index is 11.9. The van der Waals surface area contributed by atoms with Gasteiger partial charge in [-0.15, -0.1) is 0 Å². The van der Waals surface area contributed by atoms with E-state index in [1.807, 2.05) is 4.90 Å². The first-order valence-corrected chi connectivity index (χ1v) is 5.37. The van der Waals surface area contributed by atoms with E-state index in [9.17, 15) is 9.59 Å². The van der Waals surface area contributed by atoms with Crippen LogP contribution in [0.4, 0.5) is 0 Å². The molecule has 84 valence electrons. The summed E-state index contributed by atoms with van der Waals surface area (Å²) in [6.45, 7) is 3.89. The third-order valence-electron chi connectivity index (χ3n) is 3.05. The Morgan fingerprint density at radius 1 is 1.27 bits per heavy atom. The van der Waals surface area contributed by atoms with Crippen LogP contribution in [0.25, 0.3) is 0 Å². The SMILES string of the molecule is O=CN1CCN(C(=O)C2CCOC2)CC1. The molecule has 2 aliphatic rings. The van der Waals surface area contributed by atoms with Crippen LogP contribution < -0.4 is 0 Å². The summed E-state index contributed by atoms with van der Waals surface area (Å²) in [5.74, 6) is 0.242. The molecule has 5 heteroatoms. The molecule has 2 aliphatic heterocycles. The van der Waals surface area contributed by atoms with E-state index in [2.05, 4.69) is 0 Å². The van der Waals surface area contributed by atoms with Gasteiger partial charge in [0, 0.05) is 32.8 Å². The first-order valence-electron chi connectivity index (χ1n) is 5.37. The van der Waals surface area contributed by atoms with Gasteiger partial charge in [-0.25, -0.2) is 0 Å². The van der Waals surface area contributed by atoms with Gasteiger partial charge in [-0.2, -0.15) is 0 Å². The number of carbonyl (C=O) groups excluding carboxylic acids is 2. The summed E-state index contributed by atoms with van der Waals surface area (Å²) in [4.78, 5) is 26.0. The van der Waals surface area contributed by atoms with Crippen molar-refractivity contribution < 1.29 is 14.3 Å². The average Bonchev–Trinajstić information content (AvgIpc) is 2.82. The Kier molecular flexibility index (Phi) is 3.20. The van der Waals surface area contributed by atoms with Crippen LogP contribution in [0.2, 0.25) is 0 Å². The molecular formula is C10H16N2O3. The zero-order valence-corrected chi connectivity index (χ0v) is 8.72. The van der Waals surface area contributed by atoms with Crippen molar-refractivity contribution in [3.8, 4) is 0 Å². The van der Waals surface area contributed by atoms with Crippen LogP contribution in [0.15, 0.2) is 0 Å². The van der Waals surface area contributed by atoms with Gasteiger partial charge >= 0.3 is 0 Å². The standard InChI is InChI=1S/C10H16N2O3/c13-8-11-2-4-12(5-3-11)10(14)9-1-6-15-7-9/h8-9H,1-7H2. The molecule has 2 saturated heterocycles. The minimum atomic E-state index is 0.0489. The highest BCUT2D eigenvalue weighted by molar-refractivity contribution is 5.79. The Balaban J connectivity index is 1.84. The second kappa shape index (κ2) is 4.61. The van der Waals surface area contributed by atoms with Gasteiger partial charge in [0.05, 0.1) is 12.5 Å². The van der Waals surface area contributed by atoms with Gasteiger partial charge in [-0.05, 0) is 6.42 Å². The van der Waals surface area contributed by atoms with Gasteiger partial charge in [-0.3, -0.25) is 9.59 Å². The Morgan fingerprint density at radius 3 is 2.53 bits per heavy atom. The van der Waals surface area contributed by atoms with Crippen molar-refractivity contribution in [1.29, 1.82) is 0 Å². The Morgan fingerprint density at radius 2 is 2.00 bits per heavy atom. The first-order chi connectivity index (χ1) is 7.31. The molecule has 2 amide bonds. The van der Waals surface area contributed by atoms with Crippen molar-refractivity contribution in [2.24, 2.45) is 5.92 Å². The molecule has 2 heterocycles. The van der Waals surface area contributed by atoms with Gasteiger partial charge in [0.25, 0.3) is 0 Å². The van der Waals surface area contributed by atoms with E-state index in [1.54, 1.807) is 4.90 Å². The summed E-state index contributed by atoms with van der Waals surface area (Å²) < 4.78 is 5.20. The second-order valence-electron chi connectivity index (χ2n) is 4.03. The fourth-order valence-electron chi connectivity index (χ4n) is 2.04. The Bertz CT molecular complexity index is 243. The van der Waals surface area contributed by atoms with Crippen LogP contribution in [0.1, 0.15) is 6.42 Å². The summed E-state index contributed by atoms with van der Waals surface area (Å²) in [6, 6.07) is 0. The molecule has 1 atom stereocenters. The molecule has 0 aromatic heterocycles. The molecule has 0 aromatic rings. The number of nitrogens with zero attached hydrogens (tertiary/aromatic N) is 2. The van der Waals surface area contributed by atoms with E-state index >= 15 is 0 Å². The fraction of sp³-hybridized carbons (Fsp3) is 0.800. The zero-order chi connectivity index (χ0) is 10.7. The van der Waals surface area contributed by atoms with Crippen LogP contribution in [0.3, 0.4) is 0 Å². The average molecular weight is 212 g/mol. The summed E-state index contributed by atoms with van der Waals surface area (Å²) in [5.41, 5.74) is 0. The minimum Gasteiger partial charge on any atom is -0.381 e. The van der Waals surface area contributed by atoms with Gasteiger partial charge in [0.2, 0.25) is 12.3 Å². The van der Waals surface area contributed by atoms with E-state index in [-0.39, 0.29) is 11.8 Å². The maximum absolute atomic E-state index is 11.9. The molecule has 15 heavy (non-hydrogen) atoms. The number of hydrogen-bond acceptors (Lipinski definition) is 3. The lowest BCUT2D eigenvalue weighted by molar-refractivity contribution is -0.138. The molecule has 1 unspecified atom stereocenters. The first kappa shape index (κ1) is 10.4. The fourth-order valence-corrected chi connectivity index (χ4v) is 2.04. The van der Waals surface area contributed by atoms with E-state index in [0.717, 1.165) is 12.8 Å². The van der Waals surface area contributed by atoms with Crippen LogP contribution >= 0.6 is 0 Å². The predicted molar refractivity (Wildman–Crippen MR) is 53.1 cm³/mol. The molecule has 0 aromatic carbocycles. The monoisotopic (exact) mass is 212 g/mol. The van der Waals surface area contributed by atoms with Crippen molar-refractivity contribution in [3.05, 3.63) is 0 Å². The molecule has 0 spiro atoms. The van der Waals surface area contributed by atoms with Crippen LogP contribution in [0, 0.1) is 5.92 Å². The van der Waals surface area contributed by atoms with E-state index < -0.39 is 0 Å². The smallest absolute Gasteiger partial charge is 0.228 e. The number of amides is 2. The van der Waals surface area contributed by atoms with Crippen molar-refractivity contribution in [2.75, 3.05) is 39.4 Å². The number of rotatable bonds is 2. The quantitative estimate of drug-likeness (QED) is 0.570. The summed E-state index contributed by atoms with van der Waals surface area (Å²) in [6.07, 6.45) is 1.69. The molecule has 0 radical (unpaired) electrons. The van der Waals surface area contributed by atoms with Gasteiger partial charge in [0.1, 0.15) is 0 Å². The molecule has 2 fully saturated rings. The Hall–Kier alpha value is -1.10. The van der Waals surface area contributed by atoms with E-state index in [4.69, 9.17) is 4.74 Å².